The minimum absolute atomic E-state index is 0. The topological polar surface area (TPSA) is 83.5 Å². The number of aliphatic hydroxyl groups excluding tert-OH is 1. The molecule has 1 aliphatic carbocycles. The molecule has 0 radical (unpaired) electrons. The average molecular weight is 272 g/mol. The zero-order valence-corrected chi connectivity index (χ0v) is 11.3. The molecular weight excluding hydrogens is 249 g/mol. The SMILES string of the molecule is Cl.NCC[C@H](O)P(=O)(O)CC1CCCCC1. The van der Waals surface area contributed by atoms with Gasteiger partial charge in [-0.05, 0) is 31.7 Å². The Morgan fingerprint density at radius 1 is 1.31 bits per heavy atom. The Hall–Kier alpha value is 0.400. The lowest BCUT2D eigenvalue weighted by atomic mass is 9.91. The van der Waals surface area contributed by atoms with Crippen LogP contribution < -0.4 is 5.73 Å². The first-order chi connectivity index (χ1) is 7.06. The Kier molecular flexibility index (Phi) is 7.87. The highest BCUT2D eigenvalue weighted by Crippen LogP contribution is 2.49. The number of hydrogen-bond donors (Lipinski definition) is 3. The maximum atomic E-state index is 11.8. The lowest BCUT2D eigenvalue weighted by Crippen LogP contribution is -2.19. The first-order valence-electron chi connectivity index (χ1n) is 5.76. The van der Waals surface area contributed by atoms with E-state index in [1.165, 1.54) is 6.42 Å². The van der Waals surface area contributed by atoms with Crippen molar-refractivity contribution in [2.24, 2.45) is 11.7 Å². The molecule has 0 aromatic carbocycles. The minimum Gasteiger partial charge on any atom is -0.383 e. The zero-order chi connectivity index (χ0) is 11.3. The Bertz CT molecular complexity index is 234. The van der Waals surface area contributed by atoms with Crippen molar-refractivity contribution in [1.82, 2.24) is 0 Å². The standard InChI is InChI=1S/C10H22NO3P.ClH/c11-7-6-10(12)15(13,14)8-9-4-2-1-3-5-9;/h9-10,12H,1-8,11H2,(H,13,14);1H/t10-;/m1./s1. The van der Waals surface area contributed by atoms with Crippen LogP contribution >= 0.6 is 19.8 Å². The van der Waals surface area contributed by atoms with Gasteiger partial charge in [-0.3, -0.25) is 4.57 Å². The molecule has 0 heterocycles. The van der Waals surface area contributed by atoms with Crippen molar-refractivity contribution in [3.05, 3.63) is 0 Å². The maximum Gasteiger partial charge on any atom is 0.228 e. The fraction of sp³-hybridized carbons (Fsp3) is 1.00. The molecule has 1 saturated carbocycles. The predicted octanol–water partition coefficient (Wildman–Crippen LogP) is 1.93. The van der Waals surface area contributed by atoms with Gasteiger partial charge in [-0.15, -0.1) is 12.4 Å². The number of halogens is 1. The van der Waals surface area contributed by atoms with Gasteiger partial charge >= 0.3 is 0 Å². The van der Waals surface area contributed by atoms with E-state index < -0.39 is 13.2 Å². The van der Waals surface area contributed by atoms with Gasteiger partial charge in [-0.2, -0.15) is 0 Å². The van der Waals surface area contributed by atoms with Crippen LogP contribution in [0.15, 0.2) is 0 Å². The van der Waals surface area contributed by atoms with E-state index in [0.29, 0.717) is 5.92 Å². The Labute approximate surface area is 103 Å². The molecule has 4 N–H and O–H groups in total. The summed E-state index contributed by atoms with van der Waals surface area (Å²) < 4.78 is 11.8. The van der Waals surface area contributed by atoms with Crippen LogP contribution in [0.2, 0.25) is 0 Å². The monoisotopic (exact) mass is 271 g/mol. The zero-order valence-electron chi connectivity index (χ0n) is 9.55. The van der Waals surface area contributed by atoms with Crippen molar-refractivity contribution in [3.8, 4) is 0 Å². The summed E-state index contributed by atoms with van der Waals surface area (Å²) in [4.78, 5) is 9.72. The molecular formula is C10H23ClNO3P. The third-order valence-electron chi connectivity index (χ3n) is 3.14. The van der Waals surface area contributed by atoms with Crippen molar-refractivity contribution < 1.29 is 14.6 Å². The van der Waals surface area contributed by atoms with Crippen LogP contribution in [-0.2, 0) is 4.57 Å². The molecule has 0 saturated heterocycles. The van der Waals surface area contributed by atoms with E-state index in [1.807, 2.05) is 0 Å². The van der Waals surface area contributed by atoms with Crippen molar-refractivity contribution in [3.63, 3.8) is 0 Å². The molecule has 1 aliphatic rings. The van der Waals surface area contributed by atoms with Gasteiger partial charge in [-0.25, -0.2) is 0 Å². The van der Waals surface area contributed by atoms with Crippen LogP contribution in [0.4, 0.5) is 0 Å². The summed E-state index contributed by atoms with van der Waals surface area (Å²) in [7, 11) is -3.39. The van der Waals surface area contributed by atoms with Gasteiger partial charge in [-0.1, -0.05) is 19.3 Å². The molecule has 0 aliphatic heterocycles. The van der Waals surface area contributed by atoms with Gasteiger partial charge in [0.25, 0.3) is 0 Å². The number of aliphatic hydroxyl groups is 1. The second kappa shape index (κ2) is 7.67. The van der Waals surface area contributed by atoms with E-state index in [2.05, 4.69) is 0 Å². The third-order valence-corrected chi connectivity index (χ3v) is 5.36. The molecule has 2 atom stereocenters. The van der Waals surface area contributed by atoms with E-state index >= 15 is 0 Å². The van der Waals surface area contributed by atoms with Gasteiger partial charge in [0, 0.05) is 6.16 Å². The van der Waals surface area contributed by atoms with Gasteiger partial charge in [0.05, 0.1) is 0 Å². The highest BCUT2D eigenvalue weighted by atomic mass is 35.5. The van der Waals surface area contributed by atoms with Crippen molar-refractivity contribution in [2.45, 2.75) is 44.4 Å². The molecule has 6 heteroatoms. The Balaban J connectivity index is 0.00000225. The van der Waals surface area contributed by atoms with Crippen molar-refractivity contribution in [1.29, 1.82) is 0 Å². The van der Waals surface area contributed by atoms with E-state index in [1.54, 1.807) is 0 Å². The average Bonchev–Trinajstić information content (AvgIpc) is 2.19. The molecule has 16 heavy (non-hydrogen) atoms. The van der Waals surface area contributed by atoms with Gasteiger partial charge in [0.1, 0.15) is 5.85 Å². The summed E-state index contributed by atoms with van der Waals surface area (Å²) in [6, 6.07) is 0. The molecule has 0 aromatic rings. The summed E-state index contributed by atoms with van der Waals surface area (Å²) in [5.41, 5.74) is 5.27. The summed E-state index contributed by atoms with van der Waals surface area (Å²) in [6.07, 6.45) is 6.08. The number of rotatable bonds is 5. The van der Waals surface area contributed by atoms with E-state index in [4.69, 9.17) is 5.73 Å². The van der Waals surface area contributed by atoms with Crippen LogP contribution in [0.25, 0.3) is 0 Å². The molecule has 1 rings (SSSR count). The maximum absolute atomic E-state index is 11.8. The van der Waals surface area contributed by atoms with Gasteiger partial charge in [0.15, 0.2) is 0 Å². The van der Waals surface area contributed by atoms with E-state index in [9.17, 15) is 14.6 Å². The summed E-state index contributed by atoms with van der Waals surface area (Å²) in [5, 5.41) is 9.51. The lowest BCUT2D eigenvalue weighted by Gasteiger charge is -2.26. The number of nitrogens with two attached hydrogens (primary N) is 1. The van der Waals surface area contributed by atoms with Crippen LogP contribution in [0.3, 0.4) is 0 Å². The summed E-state index contributed by atoms with van der Waals surface area (Å²) in [6.45, 7) is 0.260. The van der Waals surface area contributed by atoms with E-state index in [0.717, 1.165) is 25.7 Å². The van der Waals surface area contributed by atoms with Crippen LogP contribution in [-0.4, -0.2) is 28.6 Å². The molecule has 1 fully saturated rings. The summed E-state index contributed by atoms with van der Waals surface area (Å²) >= 11 is 0. The Morgan fingerprint density at radius 2 is 1.88 bits per heavy atom. The molecule has 0 amide bonds. The predicted molar refractivity (Wildman–Crippen MR) is 68.2 cm³/mol. The van der Waals surface area contributed by atoms with Crippen LogP contribution in [0.1, 0.15) is 38.5 Å². The molecule has 4 nitrogen and oxygen atoms in total. The van der Waals surface area contributed by atoms with Crippen molar-refractivity contribution in [2.75, 3.05) is 12.7 Å². The first kappa shape index (κ1) is 16.4. The smallest absolute Gasteiger partial charge is 0.228 e. The quantitative estimate of drug-likeness (QED) is 0.667. The normalized spacial score (nSPS) is 23.2. The molecule has 98 valence electrons. The van der Waals surface area contributed by atoms with Crippen LogP contribution in [0, 0.1) is 5.92 Å². The van der Waals surface area contributed by atoms with E-state index in [-0.39, 0.29) is 31.5 Å². The minimum atomic E-state index is -3.39. The lowest BCUT2D eigenvalue weighted by molar-refractivity contribution is 0.219. The molecule has 1 unspecified atom stereocenters. The fourth-order valence-corrected chi connectivity index (χ4v) is 4.11. The van der Waals surface area contributed by atoms with Crippen molar-refractivity contribution >= 4 is 19.8 Å². The largest absolute Gasteiger partial charge is 0.383 e. The highest BCUT2D eigenvalue weighted by Gasteiger charge is 2.31. The van der Waals surface area contributed by atoms with Gasteiger partial charge in [0.2, 0.25) is 7.37 Å². The van der Waals surface area contributed by atoms with Crippen LogP contribution in [0.5, 0.6) is 0 Å². The molecule has 0 bridgehead atoms. The molecule has 0 aromatic heterocycles. The second-order valence-electron chi connectivity index (χ2n) is 4.50. The first-order valence-corrected chi connectivity index (χ1v) is 7.67. The summed E-state index contributed by atoms with van der Waals surface area (Å²) in [5.74, 6) is -0.800. The second-order valence-corrected chi connectivity index (χ2v) is 6.97. The number of hydrogen-bond acceptors (Lipinski definition) is 3. The highest BCUT2D eigenvalue weighted by molar-refractivity contribution is 7.58. The fourth-order valence-electron chi connectivity index (χ4n) is 2.21. The van der Waals surface area contributed by atoms with Gasteiger partial charge < -0.3 is 15.7 Å². The third kappa shape index (κ3) is 5.15. The molecule has 0 spiro atoms. The Morgan fingerprint density at radius 3 is 2.38 bits per heavy atom.